The number of aromatic nitrogens is 1. The third-order valence-corrected chi connectivity index (χ3v) is 5.08. The van der Waals surface area contributed by atoms with Crippen molar-refractivity contribution >= 4 is 23.0 Å². The minimum absolute atomic E-state index is 0.671. The number of benzene rings is 2. The number of pyridine rings is 1. The molecule has 0 radical (unpaired) electrons. The lowest BCUT2D eigenvalue weighted by Gasteiger charge is -2.31. The van der Waals surface area contributed by atoms with Gasteiger partial charge < -0.3 is 4.90 Å². The largest absolute Gasteiger partial charge is 0.351 e. The molecule has 2 aromatic carbocycles. The zero-order valence-electron chi connectivity index (χ0n) is 14.0. The topological polar surface area (TPSA) is 33.2 Å². The molecule has 120 valence electrons. The van der Waals surface area contributed by atoms with Crippen molar-refractivity contribution in [2.75, 3.05) is 11.4 Å². The van der Waals surface area contributed by atoms with Crippen molar-refractivity contribution in [1.82, 2.24) is 4.98 Å². The Hall–Kier alpha value is -2.68. The Kier molecular flexibility index (Phi) is 3.57. The van der Waals surface area contributed by atoms with Gasteiger partial charge in [-0.1, -0.05) is 36.4 Å². The number of carbonyl (C=O) groups is 1. The summed E-state index contributed by atoms with van der Waals surface area (Å²) in [6, 6.07) is 14.6. The van der Waals surface area contributed by atoms with Gasteiger partial charge in [-0.05, 0) is 48.6 Å². The Labute approximate surface area is 141 Å². The number of aldehydes is 1. The zero-order valence-corrected chi connectivity index (χ0v) is 14.0. The minimum atomic E-state index is 0.671. The normalized spacial score (nSPS) is 13.8. The molecule has 3 aromatic rings. The van der Waals surface area contributed by atoms with Crippen LogP contribution in [0.15, 0.2) is 42.5 Å². The molecule has 0 saturated carbocycles. The molecule has 1 aromatic heterocycles. The van der Waals surface area contributed by atoms with Crippen LogP contribution in [0.5, 0.6) is 0 Å². The molecule has 1 aliphatic rings. The Morgan fingerprint density at radius 1 is 1.08 bits per heavy atom. The summed E-state index contributed by atoms with van der Waals surface area (Å²) >= 11 is 0. The van der Waals surface area contributed by atoms with Crippen molar-refractivity contribution in [2.24, 2.45) is 0 Å². The number of hydrogen-bond acceptors (Lipinski definition) is 3. The fourth-order valence-corrected chi connectivity index (χ4v) is 3.51. The first kappa shape index (κ1) is 14.9. The lowest BCUT2D eigenvalue weighted by atomic mass is 9.99. The van der Waals surface area contributed by atoms with E-state index in [0.29, 0.717) is 5.56 Å². The third kappa shape index (κ3) is 2.37. The number of rotatable bonds is 2. The number of anilines is 1. The second-order valence-electron chi connectivity index (χ2n) is 6.54. The smallest absolute Gasteiger partial charge is 0.153 e. The summed E-state index contributed by atoms with van der Waals surface area (Å²) in [6.45, 7) is 5.89. The molecule has 0 N–H and O–H groups in total. The van der Waals surface area contributed by atoms with Crippen LogP contribution in [0.2, 0.25) is 0 Å². The molecular formula is C21H20N2O. The van der Waals surface area contributed by atoms with E-state index in [1.807, 2.05) is 12.1 Å². The predicted octanol–water partition coefficient (Wildman–Crippen LogP) is 4.23. The standard InChI is InChI=1S/C21H20N2O/c1-14-7-8-17-11-19(13-24)21(22-20(17)15(14)2)23-10-9-16-5-3-4-6-18(16)12-23/h3-8,11,13H,9-10,12H2,1-2H3. The van der Waals surface area contributed by atoms with Gasteiger partial charge in [-0.2, -0.15) is 0 Å². The molecule has 0 spiro atoms. The number of fused-ring (bicyclic) bond motifs is 2. The molecule has 0 amide bonds. The highest BCUT2D eigenvalue weighted by atomic mass is 16.1. The van der Waals surface area contributed by atoms with Crippen molar-refractivity contribution in [2.45, 2.75) is 26.8 Å². The van der Waals surface area contributed by atoms with Crippen LogP contribution in [0.3, 0.4) is 0 Å². The van der Waals surface area contributed by atoms with Gasteiger partial charge in [0.1, 0.15) is 5.82 Å². The molecule has 0 aliphatic carbocycles. The van der Waals surface area contributed by atoms with Crippen LogP contribution in [0, 0.1) is 13.8 Å². The molecule has 3 nitrogen and oxygen atoms in total. The summed E-state index contributed by atoms with van der Waals surface area (Å²) < 4.78 is 0. The highest BCUT2D eigenvalue weighted by molar-refractivity contribution is 5.93. The molecule has 0 atom stereocenters. The van der Waals surface area contributed by atoms with Gasteiger partial charge in [-0.25, -0.2) is 4.98 Å². The fraction of sp³-hybridized carbons (Fsp3) is 0.238. The summed E-state index contributed by atoms with van der Waals surface area (Å²) in [5.41, 5.74) is 6.80. The zero-order chi connectivity index (χ0) is 16.7. The predicted molar refractivity (Wildman–Crippen MR) is 97.8 cm³/mol. The van der Waals surface area contributed by atoms with Crippen molar-refractivity contribution in [3.05, 3.63) is 70.3 Å². The van der Waals surface area contributed by atoms with Gasteiger partial charge in [0.15, 0.2) is 6.29 Å². The van der Waals surface area contributed by atoms with Gasteiger partial charge in [-0.15, -0.1) is 0 Å². The van der Waals surface area contributed by atoms with Crippen molar-refractivity contribution < 1.29 is 4.79 Å². The Morgan fingerprint density at radius 2 is 1.88 bits per heavy atom. The van der Waals surface area contributed by atoms with E-state index in [1.165, 1.54) is 22.3 Å². The van der Waals surface area contributed by atoms with Gasteiger partial charge >= 0.3 is 0 Å². The molecule has 1 aliphatic heterocycles. The maximum absolute atomic E-state index is 11.6. The molecule has 0 unspecified atom stereocenters. The maximum Gasteiger partial charge on any atom is 0.153 e. The van der Waals surface area contributed by atoms with Crippen LogP contribution in [0.1, 0.15) is 32.6 Å². The maximum atomic E-state index is 11.6. The molecule has 0 saturated heterocycles. The van der Waals surface area contributed by atoms with E-state index in [2.05, 4.69) is 49.1 Å². The highest BCUT2D eigenvalue weighted by Crippen LogP contribution is 2.29. The lowest BCUT2D eigenvalue weighted by Crippen LogP contribution is -2.31. The lowest BCUT2D eigenvalue weighted by molar-refractivity contribution is 0.112. The van der Waals surface area contributed by atoms with Crippen molar-refractivity contribution in [3.63, 3.8) is 0 Å². The van der Waals surface area contributed by atoms with Crippen LogP contribution in [0.25, 0.3) is 10.9 Å². The van der Waals surface area contributed by atoms with Gasteiger partial charge in [0, 0.05) is 18.5 Å². The van der Waals surface area contributed by atoms with Crippen LogP contribution >= 0.6 is 0 Å². The van der Waals surface area contributed by atoms with Crippen LogP contribution in [0.4, 0.5) is 5.82 Å². The first-order valence-corrected chi connectivity index (χ1v) is 8.35. The van der Waals surface area contributed by atoms with Crippen LogP contribution < -0.4 is 4.90 Å². The second kappa shape index (κ2) is 5.75. The van der Waals surface area contributed by atoms with Gasteiger partial charge in [-0.3, -0.25) is 4.79 Å². The van der Waals surface area contributed by atoms with E-state index in [1.54, 1.807) is 0 Å². The summed E-state index contributed by atoms with van der Waals surface area (Å²) in [7, 11) is 0. The average Bonchev–Trinajstić information content (AvgIpc) is 2.63. The van der Waals surface area contributed by atoms with E-state index in [9.17, 15) is 4.79 Å². The van der Waals surface area contributed by atoms with Crippen LogP contribution in [-0.4, -0.2) is 17.8 Å². The Morgan fingerprint density at radius 3 is 2.67 bits per heavy atom. The SMILES string of the molecule is Cc1ccc2cc(C=O)c(N3CCc4ccccc4C3)nc2c1C. The van der Waals surface area contributed by atoms with Crippen LogP contribution in [-0.2, 0) is 13.0 Å². The van der Waals surface area contributed by atoms with E-state index < -0.39 is 0 Å². The average molecular weight is 316 g/mol. The first-order chi connectivity index (χ1) is 11.7. The number of carbonyl (C=O) groups excluding carboxylic acids is 1. The number of aryl methyl sites for hydroxylation is 2. The molecule has 4 rings (SSSR count). The summed E-state index contributed by atoms with van der Waals surface area (Å²) in [4.78, 5) is 18.8. The quantitative estimate of drug-likeness (QED) is 0.663. The van der Waals surface area contributed by atoms with E-state index >= 15 is 0 Å². The van der Waals surface area contributed by atoms with E-state index in [4.69, 9.17) is 4.98 Å². The van der Waals surface area contributed by atoms with Crippen molar-refractivity contribution in [3.8, 4) is 0 Å². The monoisotopic (exact) mass is 316 g/mol. The first-order valence-electron chi connectivity index (χ1n) is 8.35. The third-order valence-electron chi connectivity index (χ3n) is 5.08. The molecule has 0 fully saturated rings. The summed E-state index contributed by atoms with van der Waals surface area (Å²) in [5, 5.41) is 1.03. The molecular weight excluding hydrogens is 296 g/mol. The molecule has 2 heterocycles. The number of hydrogen-bond donors (Lipinski definition) is 0. The minimum Gasteiger partial charge on any atom is -0.351 e. The molecule has 24 heavy (non-hydrogen) atoms. The Bertz CT molecular complexity index is 946. The second-order valence-corrected chi connectivity index (χ2v) is 6.54. The van der Waals surface area contributed by atoms with Gasteiger partial charge in [0.05, 0.1) is 11.1 Å². The fourth-order valence-electron chi connectivity index (χ4n) is 3.51. The summed E-state index contributed by atoms with van der Waals surface area (Å²) in [5.74, 6) is 0.806. The Balaban J connectivity index is 1.84. The highest BCUT2D eigenvalue weighted by Gasteiger charge is 2.20. The number of nitrogens with zero attached hydrogens (tertiary/aromatic N) is 2. The van der Waals surface area contributed by atoms with E-state index in [-0.39, 0.29) is 0 Å². The van der Waals surface area contributed by atoms with E-state index in [0.717, 1.165) is 42.5 Å². The summed E-state index contributed by atoms with van der Waals surface area (Å²) in [6.07, 6.45) is 1.92. The molecule has 3 heteroatoms. The van der Waals surface area contributed by atoms with Gasteiger partial charge in [0.2, 0.25) is 0 Å². The molecule has 0 bridgehead atoms. The van der Waals surface area contributed by atoms with Gasteiger partial charge in [0.25, 0.3) is 0 Å². The van der Waals surface area contributed by atoms with Crippen molar-refractivity contribution in [1.29, 1.82) is 0 Å².